The van der Waals surface area contributed by atoms with Crippen LogP contribution in [0.2, 0.25) is 0 Å². The standard InChI is InChI=1S/C23H35NO8/c1-24(2)12-17(23(31)9-3-4-14(25)11-23)13-5-7-15(8-6-13)32-18-10-16(22(29)30)19(26)21(28)20(18)27/h5-8,14,16-21,25-28,31H,3-4,9-12H2,1-2H3,(H,29,30). The summed E-state index contributed by atoms with van der Waals surface area (Å²) >= 11 is 0. The number of hydrogen-bond donors (Lipinski definition) is 6. The SMILES string of the molecule is CN(C)CC(c1ccc(OC2CC(C(=O)O)C(O)C(O)C2O)cc1)C1(O)CCCC(O)C1. The lowest BCUT2D eigenvalue weighted by molar-refractivity contribution is -0.174. The van der Waals surface area contributed by atoms with Gasteiger partial charge in [-0.1, -0.05) is 12.1 Å². The molecule has 0 saturated heterocycles. The number of aliphatic hydroxyl groups is 5. The third kappa shape index (κ3) is 5.41. The van der Waals surface area contributed by atoms with Gasteiger partial charge in [-0.25, -0.2) is 0 Å². The van der Waals surface area contributed by atoms with Gasteiger partial charge in [0.1, 0.15) is 24.1 Å². The maximum absolute atomic E-state index is 11.4. The molecule has 0 amide bonds. The van der Waals surface area contributed by atoms with Gasteiger partial charge in [0.25, 0.3) is 0 Å². The molecule has 6 N–H and O–H groups in total. The highest BCUT2D eigenvalue weighted by molar-refractivity contribution is 5.71. The van der Waals surface area contributed by atoms with Crippen molar-refractivity contribution >= 4 is 5.97 Å². The molecule has 0 aliphatic heterocycles. The van der Waals surface area contributed by atoms with E-state index in [1.807, 2.05) is 31.1 Å². The van der Waals surface area contributed by atoms with Gasteiger partial charge in [0.2, 0.25) is 0 Å². The van der Waals surface area contributed by atoms with Crippen LogP contribution in [0, 0.1) is 5.92 Å². The van der Waals surface area contributed by atoms with E-state index in [0.717, 1.165) is 12.0 Å². The third-order valence-electron chi connectivity index (χ3n) is 6.80. The topological polar surface area (TPSA) is 151 Å². The van der Waals surface area contributed by atoms with Gasteiger partial charge >= 0.3 is 5.97 Å². The summed E-state index contributed by atoms with van der Waals surface area (Å²) in [7, 11) is 3.85. The van der Waals surface area contributed by atoms with E-state index < -0.39 is 48.0 Å². The zero-order chi connectivity index (χ0) is 23.6. The van der Waals surface area contributed by atoms with Gasteiger partial charge < -0.3 is 40.3 Å². The number of benzene rings is 1. The van der Waals surface area contributed by atoms with E-state index in [2.05, 4.69) is 0 Å². The second-order valence-electron chi connectivity index (χ2n) is 9.55. The van der Waals surface area contributed by atoms with E-state index in [9.17, 15) is 35.4 Å². The monoisotopic (exact) mass is 453 g/mol. The molecule has 32 heavy (non-hydrogen) atoms. The number of nitrogens with zero attached hydrogens (tertiary/aromatic N) is 1. The molecule has 2 aliphatic rings. The Balaban J connectivity index is 1.77. The van der Waals surface area contributed by atoms with Crippen molar-refractivity contribution in [3.05, 3.63) is 29.8 Å². The van der Waals surface area contributed by atoms with Gasteiger partial charge in [0.15, 0.2) is 0 Å². The lowest BCUT2D eigenvalue weighted by atomic mass is 9.71. The van der Waals surface area contributed by atoms with E-state index >= 15 is 0 Å². The van der Waals surface area contributed by atoms with E-state index in [-0.39, 0.29) is 12.3 Å². The van der Waals surface area contributed by atoms with Crippen molar-refractivity contribution < 1.29 is 40.2 Å². The summed E-state index contributed by atoms with van der Waals surface area (Å²) < 4.78 is 5.77. The first kappa shape index (κ1) is 24.9. The number of hydrogen-bond acceptors (Lipinski definition) is 8. The average molecular weight is 454 g/mol. The Kier molecular flexibility index (Phi) is 7.80. The summed E-state index contributed by atoms with van der Waals surface area (Å²) in [6, 6.07) is 7.00. The second kappa shape index (κ2) is 10.0. The smallest absolute Gasteiger partial charge is 0.309 e. The fourth-order valence-electron chi connectivity index (χ4n) is 5.03. The number of rotatable bonds is 7. The Morgan fingerprint density at radius 3 is 2.34 bits per heavy atom. The van der Waals surface area contributed by atoms with Gasteiger partial charge in [0, 0.05) is 25.3 Å². The molecule has 2 saturated carbocycles. The van der Waals surface area contributed by atoms with Crippen LogP contribution >= 0.6 is 0 Å². The van der Waals surface area contributed by atoms with Gasteiger partial charge in [-0.2, -0.15) is 0 Å². The predicted octanol–water partition coefficient (Wildman–Crippen LogP) is -0.0676. The molecule has 0 spiro atoms. The van der Waals surface area contributed by atoms with Crippen molar-refractivity contribution in [3.8, 4) is 5.75 Å². The van der Waals surface area contributed by atoms with Crippen LogP contribution in [0.25, 0.3) is 0 Å². The van der Waals surface area contributed by atoms with Crippen LogP contribution in [0.5, 0.6) is 5.75 Å². The molecule has 2 fully saturated rings. The van der Waals surface area contributed by atoms with Crippen molar-refractivity contribution in [1.82, 2.24) is 4.90 Å². The lowest BCUT2D eigenvalue weighted by Crippen LogP contribution is -2.57. The molecule has 0 radical (unpaired) electrons. The number of carbonyl (C=O) groups is 1. The normalized spacial score (nSPS) is 36.6. The molecular weight excluding hydrogens is 418 g/mol. The molecule has 0 aromatic heterocycles. The third-order valence-corrected chi connectivity index (χ3v) is 6.80. The minimum atomic E-state index is -1.62. The molecule has 1 aromatic carbocycles. The summed E-state index contributed by atoms with van der Waals surface area (Å²) in [6.45, 7) is 0.592. The Morgan fingerprint density at radius 2 is 1.78 bits per heavy atom. The Hall–Kier alpha value is -1.75. The highest BCUT2D eigenvalue weighted by atomic mass is 16.5. The van der Waals surface area contributed by atoms with Crippen LogP contribution < -0.4 is 4.74 Å². The number of carboxylic acids is 1. The first-order chi connectivity index (χ1) is 15.0. The highest BCUT2D eigenvalue weighted by Crippen LogP contribution is 2.41. The maximum Gasteiger partial charge on any atom is 0.309 e. The molecule has 0 bridgehead atoms. The Labute approximate surface area is 187 Å². The van der Waals surface area contributed by atoms with E-state index in [4.69, 9.17) is 4.74 Å². The van der Waals surface area contributed by atoms with E-state index in [1.54, 1.807) is 12.1 Å². The van der Waals surface area contributed by atoms with Gasteiger partial charge in [-0.15, -0.1) is 0 Å². The van der Waals surface area contributed by atoms with Crippen molar-refractivity contribution in [2.24, 2.45) is 5.92 Å². The van der Waals surface area contributed by atoms with Crippen LogP contribution in [-0.4, -0.2) is 98.3 Å². The largest absolute Gasteiger partial charge is 0.488 e. The molecule has 9 nitrogen and oxygen atoms in total. The summed E-state index contributed by atoms with van der Waals surface area (Å²) in [4.78, 5) is 13.4. The summed E-state index contributed by atoms with van der Waals surface area (Å²) in [5.74, 6) is -2.35. The van der Waals surface area contributed by atoms with E-state index in [0.29, 0.717) is 31.6 Å². The number of likely N-dealkylation sites (N-methyl/N-ethyl adjacent to an activating group) is 1. The number of aliphatic hydroxyl groups excluding tert-OH is 4. The van der Waals surface area contributed by atoms with Crippen molar-refractivity contribution in [2.75, 3.05) is 20.6 Å². The Bertz CT molecular complexity index is 772. The zero-order valence-corrected chi connectivity index (χ0v) is 18.5. The minimum Gasteiger partial charge on any atom is -0.488 e. The fourth-order valence-corrected chi connectivity index (χ4v) is 5.03. The molecular formula is C23H35NO8. The molecule has 9 heteroatoms. The first-order valence-corrected chi connectivity index (χ1v) is 11.1. The van der Waals surface area contributed by atoms with Crippen LogP contribution in [0.4, 0.5) is 0 Å². The van der Waals surface area contributed by atoms with Crippen LogP contribution in [0.15, 0.2) is 24.3 Å². The van der Waals surface area contributed by atoms with Gasteiger partial charge in [-0.05, 0) is 51.1 Å². The molecule has 8 unspecified atom stereocenters. The quantitative estimate of drug-likeness (QED) is 0.333. The summed E-state index contributed by atoms with van der Waals surface area (Å²) in [5, 5.41) is 60.9. The minimum absolute atomic E-state index is 0.141. The second-order valence-corrected chi connectivity index (χ2v) is 9.55. The molecule has 3 rings (SSSR count). The molecule has 180 valence electrons. The van der Waals surface area contributed by atoms with Crippen molar-refractivity contribution in [2.45, 2.75) is 74.1 Å². The van der Waals surface area contributed by atoms with Crippen LogP contribution in [-0.2, 0) is 4.79 Å². The Morgan fingerprint density at radius 1 is 1.12 bits per heavy atom. The van der Waals surface area contributed by atoms with Gasteiger partial charge in [-0.3, -0.25) is 4.79 Å². The average Bonchev–Trinajstić information content (AvgIpc) is 2.72. The molecule has 1 aromatic rings. The predicted molar refractivity (Wildman–Crippen MR) is 115 cm³/mol. The van der Waals surface area contributed by atoms with Crippen molar-refractivity contribution in [1.29, 1.82) is 0 Å². The van der Waals surface area contributed by atoms with Crippen LogP contribution in [0.1, 0.15) is 43.6 Å². The number of aliphatic carboxylic acids is 1. The lowest BCUT2D eigenvalue weighted by Gasteiger charge is -2.42. The zero-order valence-electron chi connectivity index (χ0n) is 18.5. The van der Waals surface area contributed by atoms with Gasteiger partial charge in [0.05, 0.1) is 23.7 Å². The molecule has 2 aliphatic carbocycles. The molecule has 0 heterocycles. The highest BCUT2D eigenvalue weighted by Gasteiger charge is 2.47. The number of carboxylic acid groups (broad SMARTS) is 1. The fraction of sp³-hybridized carbons (Fsp3) is 0.696. The van der Waals surface area contributed by atoms with E-state index in [1.165, 1.54) is 0 Å². The van der Waals surface area contributed by atoms with Crippen LogP contribution in [0.3, 0.4) is 0 Å². The maximum atomic E-state index is 11.4. The number of ether oxygens (including phenoxy) is 1. The summed E-state index contributed by atoms with van der Waals surface area (Å²) in [5.41, 5.74) is -0.149. The summed E-state index contributed by atoms with van der Waals surface area (Å²) in [6.07, 6.45) is -3.92. The van der Waals surface area contributed by atoms with Crippen molar-refractivity contribution in [3.63, 3.8) is 0 Å². The molecule has 8 atom stereocenters. The first-order valence-electron chi connectivity index (χ1n) is 11.1.